The smallest absolute Gasteiger partial charge is 0.270 e. The average molecular weight is 292 g/mol. The largest absolute Gasteiger partial charge is 0.385 e. The van der Waals surface area contributed by atoms with Gasteiger partial charge in [0.1, 0.15) is 0 Å². The van der Waals surface area contributed by atoms with Crippen molar-refractivity contribution in [3.8, 4) is 0 Å². The number of nitro benzene ring substituents is 1. The van der Waals surface area contributed by atoms with E-state index >= 15 is 0 Å². The van der Waals surface area contributed by atoms with E-state index in [1.807, 2.05) is 6.92 Å². The lowest BCUT2D eigenvalue weighted by Gasteiger charge is -2.09. The first kappa shape index (κ1) is 13.9. The fourth-order valence-corrected chi connectivity index (χ4v) is 2.15. The summed E-state index contributed by atoms with van der Waals surface area (Å²) in [7, 11) is 0. The molecule has 1 aromatic heterocycles. The van der Waals surface area contributed by atoms with Crippen molar-refractivity contribution in [1.82, 2.24) is 4.98 Å². The number of nitrogens with one attached hydrogen (secondary N) is 2. The van der Waals surface area contributed by atoms with Gasteiger partial charge in [-0.3, -0.25) is 20.2 Å². The van der Waals surface area contributed by atoms with Gasteiger partial charge in [0.2, 0.25) is 0 Å². The minimum Gasteiger partial charge on any atom is -0.385 e. The van der Waals surface area contributed by atoms with Crippen molar-refractivity contribution in [2.75, 3.05) is 17.2 Å². The predicted octanol–water partition coefficient (Wildman–Crippen LogP) is 2.74. The third-order valence-electron chi connectivity index (χ3n) is 2.48. The lowest BCUT2D eigenvalue weighted by Crippen LogP contribution is -2.15. The van der Waals surface area contributed by atoms with Crippen LogP contribution in [0.2, 0.25) is 0 Å². The number of hydrogen-bond donors (Lipinski definition) is 2. The third-order valence-corrected chi connectivity index (χ3v) is 3.17. The van der Waals surface area contributed by atoms with Gasteiger partial charge in [0.25, 0.3) is 11.6 Å². The molecule has 7 nitrogen and oxygen atoms in total. The van der Waals surface area contributed by atoms with E-state index in [4.69, 9.17) is 0 Å². The maximum atomic E-state index is 12.2. The Morgan fingerprint density at radius 3 is 2.90 bits per heavy atom. The molecule has 0 spiro atoms. The quantitative estimate of drug-likeness (QED) is 0.652. The van der Waals surface area contributed by atoms with Crippen molar-refractivity contribution in [3.63, 3.8) is 0 Å². The van der Waals surface area contributed by atoms with E-state index in [2.05, 4.69) is 15.6 Å². The van der Waals surface area contributed by atoms with Crippen LogP contribution in [0.5, 0.6) is 0 Å². The number of amides is 1. The van der Waals surface area contributed by atoms with Crippen LogP contribution >= 0.6 is 11.3 Å². The van der Waals surface area contributed by atoms with Crippen LogP contribution < -0.4 is 10.6 Å². The monoisotopic (exact) mass is 292 g/mol. The Morgan fingerprint density at radius 2 is 2.30 bits per heavy atom. The standard InChI is InChI=1S/C12H12N4O3S/c1-2-13-10-4-3-8(16(18)19)7-9(10)11(17)15-12-14-5-6-20-12/h3-7,13H,2H2,1H3,(H,14,15,17). The molecule has 2 aromatic rings. The first-order valence-corrected chi connectivity index (χ1v) is 6.73. The number of hydrogen-bond acceptors (Lipinski definition) is 6. The molecule has 8 heteroatoms. The second kappa shape index (κ2) is 6.11. The summed E-state index contributed by atoms with van der Waals surface area (Å²) in [5.41, 5.74) is 0.638. The van der Waals surface area contributed by atoms with E-state index in [1.54, 1.807) is 11.6 Å². The predicted molar refractivity (Wildman–Crippen MR) is 77.3 cm³/mol. The number of rotatable bonds is 5. The molecule has 1 aromatic carbocycles. The zero-order valence-electron chi connectivity index (χ0n) is 10.6. The summed E-state index contributed by atoms with van der Waals surface area (Å²) < 4.78 is 0. The van der Waals surface area contributed by atoms with Crippen LogP contribution in [-0.2, 0) is 0 Å². The average Bonchev–Trinajstić information content (AvgIpc) is 2.92. The van der Waals surface area contributed by atoms with Crippen LogP contribution in [0.3, 0.4) is 0 Å². The van der Waals surface area contributed by atoms with Gasteiger partial charge < -0.3 is 5.32 Å². The highest BCUT2D eigenvalue weighted by Crippen LogP contribution is 2.23. The summed E-state index contributed by atoms with van der Waals surface area (Å²) in [5.74, 6) is -0.431. The van der Waals surface area contributed by atoms with E-state index in [9.17, 15) is 14.9 Å². The molecule has 0 saturated heterocycles. The Balaban J connectivity index is 2.33. The Morgan fingerprint density at radius 1 is 1.50 bits per heavy atom. The van der Waals surface area contributed by atoms with Crippen molar-refractivity contribution < 1.29 is 9.72 Å². The molecular weight excluding hydrogens is 280 g/mol. The van der Waals surface area contributed by atoms with Gasteiger partial charge in [-0.1, -0.05) is 0 Å². The number of thiazole rings is 1. The van der Waals surface area contributed by atoms with E-state index in [0.717, 1.165) is 0 Å². The molecule has 0 saturated carbocycles. The number of benzene rings is 1. The van der Waals surface area contributed by atoms with Crippen LogP contribution in [-0.4, -0.2) is 22.4 Å². The number of aromatic nitrogens is 1. The zero-order chi connectivity index (χ0) is 14.5. The maximum absolute atomic E-state index is 12.2. The molecule has 0 radical (unpaired) electrons. The summed E-state index contributed by atoms with van der Waals surface area (Å²) in [6, 6.07) is 4.14. The lowest BCUT2D eigenvalue weighted by molar-refractivity contribution is -0.384. The van der Waals surface area contributed by atoms with Gasteiger partial charge in [0.15, 0.2) is 5.13 Å². The molecular formula is C12H12N4O3S. The lowest BCUT2D eigenvalue weighted by atomic mass is 10.1. The normalized spacial score (nSPS) is 10.1. The van der Waals surface area contributed by atoms with Crippen LogP contribution in [0.25, 0.3) is 0 Å². The highest BCUT2D eigenvalue weighted by atomic mass is 32.1. The molecule has 2 rings (SSSR count). The van der Waals surface area contributed by atoms with E-state index < -0.39 is 10.8 Å². The summed E-state index contributed by atoms with van der Waals surface area (Å²) >= 11 is 1.28. The zero-order valence-corrected chi connectivity index (χ0v) is 11.4. The summed E-state index contributed by atoms with van der Waals surface area (Å²) in [6.45, 7) is 2.49. The van der Waals surface area contributed by atoms with E-state index in [-0.39, 0.29) is 11.3 Å². The van der Waals surface area contributed by atoms with Gasteiger partial charge in [-0.15, -0.1) is 11.3 Å². The molecule has 2 N–H and O–H groups in total. The highest BCUT2D eigenvalue weighted by Gasteiger charge is 2.17. The van der Waals surface area contributed by atoms with Gasteiger partial charge in [0, 0.05) is 35.9 Å². The third kappa shape index (κ3) is 3.09. The summed E-state index contributed by atoms with van der Waals surface area (Å²) in [4.78, 5) is 26.4. The fraction of sp³-hybridized carbons (Fsp3) is 0.167. The van der Waals surface area contributed by atoms with Gasteiger partial charge in [0.05, 0.1) is 10.5 Å². The molecule has 0 aliphatic rings. The Labute approximate surface area is 118 Å². The van der Waals surface area contributed by atoms with Gasteiger partial charge >= 0.3 is 0 Å². The first-order valence-electron chi connectivity index (χ1n) is 5.85. The number of nitrogens with zero attached hydrogens (tertiary/aromatic N) is 2. The number of carbonyl (C=O) groups is 1. The van der Waals surface area contributed by atoms with Crippen LogP contribution in [0.15, 0.2) is 29.8 Å². The molecule has 104 valence electrons. The van der Waals surface area contributed by atoms with Crippen molar-refractivity contribution >= 4 is 33.8 Å². The highest BCUT2D eigenvalue weighted by molar-refractivity contribution is 7.13. The topological polar surface area (TPSA) is 97.2 Å². The number of nitro groups is 1. The first-order chi connectivity index (χ1) is 9.61. The summed E-state index contributed by atoms with van der Waals surface area (Å²) in [6.07, 6.45) is 1.57. The van der Waals surface area contributed by atoms with E-state index in [0.29, 0.717) is 17.4 Å². The van der Waals surface area contributed by atoms with E-state index in [1.165, 1.54) is 29.5 Å². The minimum atomic E-state index is -0.532. The van der Waals surface area contributed by atoms with Crippen molar-refractivity contribution in [2.24, 2.45) is 0 Å². The van der Waals surface area contributed by atoms with Gasteiger partial charge in [-0.2, -0.15) is 0 Å². The number of carbonyl (C=O) groups excluding carboxylic acids is 1. The van der Waals surface area contributed by atoms with Crippen molar-refractivity contribution in [2.45, 2.75) is 6.92 Å². The van der Waals surface area contributed by atoms with Crippen molar-refractivity contribution in [3.05, 3.63) is 45.5 Å². The molecule has 1 heterocycles. The Hall–Kier alpha value is -2.48. The Kier molecular flexibility index (Phi) is 4.26. The van der Waals surface area contributed by atoms with Crippen LogP contribution in [0, 0.1) is 10.1 Å². The van der Waals surface area contributed by atoms with Crippen LogP contribution in [0.1, 0.15) is 17.3 Å². The van der Waals surface area contributed by atoms with Gasteiger partial charge in [-0.25, -0.2) is 4.98 Å². The van der Waals surface area contributed by atoms with Crippen LogP contribution in [0.4, 0.5) is 16.5 Å². The molecule has 0 aliphatic heterocycles. The number of non-ortho nitro benzene ring substituents is 1. The fourth-order valence-electron chi connectivity index (χ4n) is 1.63. The molecule has 0 atom stereocenters. The molecule has 0 aliphatic carbocycles. The maximum Gasteiger partial charge on any atom is 0.270 e. The SMILES string of the molecule is CCNc1ccc([N+](=O)[O-])cc1C(=O)Nc1nccs1. The molecule has 0 bridgehead atoms. The number of anilines is 2. The second-order valence-corrected chi connectivity index (χ2v) is 4.70. The van der Waals surface area contributed by atoms with Gasteiger partial charge in [-0.05, 0) is 13.0 Å². The summed E-state index contributed by atoms with van der Waals surface area (Å²) in [5, 5.41) is 18.6. The van der Waals surface area contributed by atoms with Crippen molar-refractivity contribution in [1.29, 1.82) is 0 Å². The second-order valence-electron chi connectivity index (χ2n) is 3.81. The molecule has 20 heavy (non-hydrogen) atoms. The Bertz CT molecular complexity index is 628. The molecule has 1 amide bonds. The molecule has 0 unspecified atom stereocenters. The molecule has 0 fully saturated rings. The minimum absolute atomic E-state index is 0.129.